The summed E-state index contributed by atoms with van der Waals surface area (Å²) in [5.41, 5.74) is 0.556. The number of rotatable bonds is 4. The van der Waals surface area contributed by atoms with E-state index in [9.17, 15) is 9.18 Å². The summed E-state index contributed by atoms with van der Waals surface area (Å²) in [5.74, 6) is -1.13. The molecule has 0 aliphatic rings. The van der Waals surface area contributed by atoms with E-state index in [0.717, 1.165) is 4.47 Å². The number of aliphatic carboxylic acids is 1. The molecule has 0 saturated carbocycles. The third-order valence-corrected chi connectivity index (χ3v) is 2.34. The molecule has 0 aromatic heterocycles. The fourth-order valence-electron chi connectivity index (χ4n) is 1.16. The highest BCUT2D eigenvalue weighted by Crippen LogP contribution is 2.17. The molecule has 0 aliphatic heterocycles. The zero-order valence-electron chi connectivity index (χ0n) is 7.46. The van der Waals surface area contributed by atoms with Crippen LogP contribution in [0.4, 0.5) is 4.39 Å². The van der Waals surface area contributed by atoms with Gasteiger partial charge in [-0.05, 0) is 36.6 Å². The van der Waals surface area contributed by atoms with Crippen LogP contribution in [0.5, 0.6) is 0 Å². The average Bonchev–Trinajstić information content (AvgIpc) is 2.10. The number of carbonyl (C=O) groups is 1. The number of halogens is 2. The minimum atomic E-state index is -0.847. The van der Waals surface area contributed by atoms with Crippen molar-refractivity contribution in [1.29, 1.82) is 0 Å². The average molecular weight is 261 g/mol. The van der Waals surface area contributed by atoms with Gasteiger partial charge >= 0.3 is 5.97 Å². The molecule has 2 nitrogen and oxygen atoms in total. The second kappa shape index (κ2) is 5.10. The van der Waals surface area contributed by atoms with Gasteiger partial charge in [-0.2, -0.15) is 0 Å². The fourth-order valence-corrected chi connectivity index (χ4v) is 1.57. The lowest BCUT2D eigenvalue weighted by Crippen LogP contribution is -1.97. The number of carboxylic acid groups (broad SMARTS) is 1. The summed E-state index contributed by atoms with van der Waals surface area (Å²) in [5, 5.41) is 8.41. The highest BCUT2D eigenvalue weighted by Gasteiger charge is 2.04. The van der Waals surface area contributed by atoms with Crippen LogP contribution in [-0.2, 0) is 11.2 Å². The molecule has 1 rings (SSSR count). The molecular weight excluding hydrogens is 251 g/mol. The maximum Gasteiger partial charge on any atom is 0.303 e. The van der Waals surface area contributed by atoms with Gasteiger partial charge in [-0.3, -0.25) is 4.79 Å². The van der Waals surface area contributed by atoms with Crippen molar-refractivity contribution < 1.29 is 14.3 Å². The molecule has 0 unspecified atom stereocenters. The molecule has 0 bridgehead atoms. The molecule has 0 spiro atoms. The number of hydrogen-bond acceptors (Lipinski definition) is 1. The first-order valence-electron chi connectivity index (χ1n) is 4.25. The molecule has 1 aromatic rings. The van der Waals surface area contributed by atoms with Gasteiger partial charge in [0.05, 0.1) is 0 Å². The van der Waals surface area contributed by atoms with Crippen molar-refractivity contribution in [3.63, 3.8) is 0 Å². The van der Waals surface area contributed by atoms with E-state index in [0.29, 0.717) is 18.4 Å². The van der Waals surface area contributed by atoms with Crippen LogP contribution in [0.25, 0.3) is 0 Å². The Hall–Kier alpha value is -0.900. The molecule has 14 heavy (non-hydrogen) atoms. The maximum absolute atomic E-state index is 13.1. The van der Waals surface area contributed by atoms with Crippen LogP contribution >= 0.6 is 15.9 Å². The smallest absolute Gasteiger partial charge is 0.303 e. The Labute approximate surface area is 89.9 Å². The maximum atomic E-state index is 13.1. The Morgan fingerprint density at radius 3 is 2.86 bits per heavy atom. The minimum Gasteiger partial charge on any atom is -0.481 e. The molecule has 76 valence electrons. The van der Waals surface area contributed by atoms with E-state index in [1.165, 1.54) is 6.07 Å². The van der Waals surface area contributed by atoms with Crippen LogP contribution in [0.1, 0.15) is 18.4 Å². The van der Waals surface area contributed by atoms with Crippen LogP contribution in [0.3, 0.4) is 0 Å². The van der Waals surface area contributed by atoms with Gasteiger partial charge in [0.1, 0.15) is 5.82 Å². The lowest BCUT2D eigenvalue weighted by molar-refractivity contribution is -0.137. The molecule has 0 atom stereocenters. The molecule has 0 amide bonds. The molecule has 0 heterocycles. The standard InChI is InChI=1S/C10H10BrFO2/c11-8-4-5-9(12)7(6-8)2-1-3-10(13)14/h4-6H,1-3H2,(H,13,14). The summed E-state index contributed by atoms with van der Waals surface area (Å²) in [6.45, 7) is 0. The predicted octanol–water partition coefficient (Wildman–Crippen LogP) is 3.00. The van der Waals surface area contributed by atoms with Crippen molar-refractivity contribution in [3.8, 4) is 0 Å². The molecule has 4 heteroatoms. The van der Waals surface area contributed by atoms with Crippen molar-refractivity contribution in [2.24, 2.45) is 0 Å². The van der Waals surface area contributed by atoms with Gasteiger partial charge in [0.25, 0.3) is 0 Å². The summed E-state index contributed by atoms with van der Waals surface area (Å²) in [6.07, 6.45) is 0.992. The van der Waals surface area contributed by atoms with Crippen LogP contribution < -0.4 is 0 Å². The van der Waals surface area contributed by atoms with Crippen LogP contribution in [0, 0.1) is 5.82 Å². The van der Waals surface area contributed by atoms with Crippen LogP contribution in [0.2, 0.25) is 0 Å². The first-order valence-corrected chi connectivity index (χ1v) is 5.04. The van der Waals surface area contributed by atoms with Gasteiger partial charge in [0.15, 0.2) is 0 Å². The Morgan fingerprint density at radius 2 is 2.21 bits per heavy atom. The number of aryl methyl sites for hydroxylation is 1. The van der Waals surface area contributed by atoms with Crippen molar-refractivity contribution in [2.75, 3.05) is 0 Å². The van der Waals surface area contributed by atoms with Crippen LogP contribution in [-0.4, -0.2) is 11.1 Å². The van der Waals surface area contributed by atoms with E-state index in [2.05, 4.69) is 15.9 Å². The highest BCUT2D eigenvalue weighted by molar-refractivity contribution is 9.10. The quantitative estimate of drug-likeness (QED) is 0.904. The van der Waals surface area contributed by atoms with Gasteiger partial charge in [-0.1, -0.05) is 15.9 Å². The van der Waals surface area contributed by atoms with Gasteiger partial charge in [0.2, 0.25) is 0 Å². The first-order chi connectivity index (χ1) is 6.59. The number of benzene rings is 1. The predicted molar refractivity (Wildman–Crippen MR) is 54.7 cm³/mol. The third kappa shape index (κ3) is 3.46. The van der Waals surface area contributed by atoms with Crippen molar-refractivity contribution >= 4 is 21.9 Å². The van der Waals surface area contributed by atoms with E-state index in [-0.39, 0.29) is 12.2 Å². The lowest BCUT2D eigenvalue weighted by atomic mass is 10.1. The second-order valence-corrected chi connectivity index (χ2v) is 3.90. The van der Waals surface area contributed by atoms with Crippen molar-refractivity contribution in [2.45, 2.75) is 19.3 Å². The first kappa shape index (κ1) is 11.2. The van der Waals surface area contributed by atoms with E-state index in [4.69, 9.17) is 5.11 Å². The minimum absolute atomic E-state index is 0.0754. The monoisotopic (exact) mass is 260 g/mol. The topological polar surface area (TPSA) is 37.3 Å². The van der Waals surface area contributed by atoms with Gasteiger partial charge in [0, 0.05) is 10.9 Å². The molecule has 0 fully saturated rings. The Morgan fingerprint density at radius 1 is 1.50 bits per heavy atom. The van der Waals surface area contributed by atoms with Crippen molar-refractivity contribution in [1.82, 2.24) is 0 Å². The van der Waals surface area contributed by atoms with E-state index in [1.54, 1.807) is 12.1 Å². The van der Waals surface area contributed by atoms with Crippen molar-refractivity contribution in [3.05, 3.63) is 34.1 Å². The zero-order chi connectivity index (χ0) is 10.6. The lowest BCUT2D eigenvalue weighted by Gasteiger charge is -2.02. The second-order valence-electron chi connectivity index (χ2n) is 2.98. The van der Waals surface area contributed by atoms with E-state index >= 15 is 0 Å². The van der Waals surface area contributed by atoms with E-state index in [1.807, 2.05) is 0 Å². The summed E-state index contributed by atoms with van der Waals surface area (Å²) in [4.78, 5) is 10.2. The SMILES string of the molecule is O=C(O)CCCc1cc(Br)ccc1F. The molecule has 0 radical (unpaired) electrons. The molecule has 1 N–H and O–H groups in total. The number of hydrogen-bond donors (Lipinski definition) is 1. The van der Waals surface area contributed by atoms with Gasteiger partial charge < -0.3 is 5.11 Å². The van der Waals surface area contributed by atoms with Gasteiger partial charge in [-0.25, -0.2) is 4.39 Å². The van der Waals surface area contributed by atoms with Gasteiger partial charge in [-0.15, -0.1) is 0 Å². The van der Waals surface area contributed by atoms with Crippen LogP contribution in [0.15, 0.2) is 22.7 Å². The normalized spacial score (nSPS) is 10.1. The Kier molecular flexibility index (Phi) is 4.07. The largest absolute Gasteiger partial charge is 0.481 e. The zero-order valence-corrected chi connectivity index (χ0v) is 9.05. The summed E-state index contributed by atoms with van der Waals surface area (Å²) in [6, 6.07) is 4.67. The molecule has 0 aliphatic carbocycles. The Bertz CT molecular complexity index is 339. The van der Waals surface area contributed by atoms with E-state index < -0.39 is 5.97 Å². The third-order valence-electron chi connectivity index (χ3n) is 1.84. The summed E-state index contributed by atoms with van der Waals surface area (Å²) >= 11 is 3.23. The summed E-state index contributed by atoms with van der Waals surface area (Å²) in [7, 11) is 0. The highest BCUT2D eigenvalue weighted by atomic mass is 79.9. The number of carboxylic acids is 1. The molecular formula is C10H10BrFO2. The molecule has 0 saturated heterocycles. The fraction of sp³-hybridized carbons (Fsp3) is 0.300. The summed E-state index contributed by atoms with van der Waals surface area (Å²) < 4.78 is 13.9. The molecule has 1 aromatic carbocycles. The Balaban J connectivity index is 2.57.